The highest BCUT2D eigenvalue weighted by molar-refractivity contribution is 6.18. The SMILES string of the molecule is ClCC(Cc1ccccc1)NCc1ccccc1. The quantitative estimate of drug-likeness (QED) is 0.782. The Hall–Kier alpha value is -1.31. The van der Waals surface area contributed by atoms with Gasteiger partial charge in [0.05, 0.1) is 0 Å². The highest BCUT2D eigenvalue weighted by atomic mass is 35.5. The van der Waals surface area contributed by atoms with Crippen LogP contribution in [0.1, 0.15) is 11.1 Å². The van der Waals surface area contributed by atoms with Crippen LogP contribution >= 0.6 is 11.6 Å². The monoisotopic (exact) mass is 259 g/mol. The topological polar surface area (TPSA) is 12.0 Å². The van der Waals surface area contributed by atoms with Gasteiger partial charge in [-0.3, -0.25) is 0 Å². The number of hydrogen-bond donors (Lipinski definition) is 1. The summed E-state index contributed by atoms with van der Waals surface area (Å²) < 4.78 is 0. The molecular formula is C16H18ClN. The second kappa shape index (κ2) is 7.20. The van der Waals surface area contributed by atoms with Crippen molar-refractivity contribution in [2.75, 3.05) is 5.88 Å². The summed E-state index contributed by atoms with van der Waals surface area (Å²) in [6, 6.07) is 21.2. The van der Waals surface area contributed by atoms with Crippen LogP contribution < -0.4 is 5.32 Å². The number of halogens is 1. The van der Waals surface area contributed by atoms with Gasteiger partial charge in [-0.1, -0.05) is 60.7 Å². The highest BCUT2D eigenvalue weighted by Gasteiger charge is 2.07. The molecule has 94 valence electrons. The fourth-order valence-electron chi connectivity index (χ4n) is 1.94. The molecule has 1 unspecified atom stereocenters. The van der Waals surface area contributed by atoms with Crippen molar-refractivity contribution in [1.82, 2.24) is 5.32 Å². The van der Waals surface area contributed by atoms with E-state index in [1.165, 1.54) is 11.1 Å². The van der Waals surface area contributed by atoms with Gasteiger partial charge in [-0.25, -0.2) is 0 Å². The second-order valence-corrected chi connectivity index (χ2v) is 4.72. The Morgan fingerprint density at radius 2 is 1.39 bits per heavy atom. The molecule has 0 saturated carbocycles. The van der Waals surface area contributed by atoms with Crippen LogP contribution in [0.3, 0.4) is 0 Å². The first kappa shape index (κ1) is 13.1. The maximum atomic E-state index is 6.02. The summed E-state index contributed by atoms with van der Waals surface area (Å²) in [5, 5.41) is 3.50. The second-order valence-electron chi connectivity index (χ2n) is 4.41. The van der Waals surface area contributed by atoms with Gasteiger partial charge in [-0.2, -0.15) is 0 Å². The average molecular weight is 260 g/mol. The molecular weight excluding hydrogens is 242 g/mol. The first-order valence-electron chi connectivity index (χ1n) is 6.25. The van der Waals surface area contributed by atoms with Gasteiger partial charge in [0, 0.05) is 18.5 Å². The minimum atomic E-state index is 0.314. The number of nitrogens with one attached hydrogen (secondary N) is 1. The third kappa shape index (κ3) is 4.17. The Morgan fingerprint density at radius 3 is 1.94 bits per heavy atom. The summed E-state index contributed by atoms with van der Waals surface area (Å²) in [5.74, 6) is 0.627. The van der Waals surface area contributed by atoms with Crippen LogP contribution in [-0.4, -0.2) is 11.9 Å². The number of alkyl halides is 1. The van der Waals surface area contributed by atoms with E-state index in [0.29, 0.717) is 11.9 Å². The fraction of sp³-hybridized carbons (Fsp3) is 0.250. The maximum absolute atomic E-state index is 6.02. The van der Waals surface area contributed by atoms with Crippen molar-refractivity contribution in [3.8, 4) is 0 Å². The van der Waals surface area contributed by atoms with Gasteiger partial charge < -0.3 is 5.32 Å². The van der Waals surface area contributed by atoms with Crippen molar-refractivity contribution in [2.24, 2.45) is 0 Å². The van der Waals surface area contributed by atoms with E-state index >= 15 is 0 Å². The van der Waals surface area contributed by atoms with Crippen LogP contribution in [0.15, 0.2) is 60.7 Å². The van der Waals surface area contributed by atoms with Gasteiger partial charge in [0.1, 0.15) is 0 Å². The van der Waals surface area contributed by atoms with Crippen LogP contribution in [0.25, 0.3) is 0 Å². The molecule has 0 saturated heterocycles. The van der Waals surface area contributed by atoms with E-state index in [9.17, 15) is 0 Å². The molecule has 18 heavy (non-hydrogen) atoms. The third-order valence-electron chi connectivity index (χ3n) is 2.95. The lowest BCUT2D eigenvalue weighted by Crippen LogP contribution is -2.32. The summed E-state index contributed by atoms with van der Waals surface area (Å²) in [7, 11) is 0. The zero-order valence-electron chi connectivity index (χ0n) is 10.4. The molecule has 2 heteroatoms. The molecule has 0 spiro atoms. The molecule has 1 N–H and O–H groups in total. The predicted octanol–water partition coefficient (Wildman–Crippen LogP) is 3.63. The van der Waals surface area contributed by atoms with Gasteiger partial charge in [0.2, 0.25) is 0 Å². The number of benzene rings is 2. The van der Waals surface area contributed by atoms with Gasteiger partial charge >= 0.3 is 0 Å². The molecule has 1 nitrogen and oxygen atoms in total. The predicted molar refractivity (Wildman–Crippen MR) is 77.9 cm³/mol. The molecule has 0 amide bonds. The molecule has 0 heterocycles. The molecule has 0 fully saturated rings. The minimum absolute atomic E-state index is 0.314. The van der Waals surface area contributed by atoms with E-state index in [1.807, 2.05) is 12.1 Å². The van der Waals surface area contributed by atoms with Gasteiger partial charge in [0.25, 0.3) is 0 Å². The largest absolute Gasteiger partial charge is 0.308 e. The van der Waals surface area contributed by atoms with E-state index < -0.39 is 0 Å². The summed E-state index contributed by atoms with van der Waals surface area (Å²) in [6.45, 7) is 0.866. The Kier molecular flexibility index (Phi) is 5.25. The van der Waals surface area contributed by atoms with E-state index in [2.05, 4.69) is 53.8 Å². The lowest BCUT2D eigenvalue weighted by molar-refractivity contribution is 0.550. The van der Waals surface area contributed by atoms with Crippen molar-refractivity contribution < 1.29 is 0 Å². The van der Waals surface area contributed by atoms with Crippen molar-refractivity contribution in [3.63, 3.8) is 0 Å². The molecule has 0 aliphatic heterocycles. The van der Waals surface area contributed by atoms with Crippen molar-refractivity contribution in [2.45, 2.75) is 19.0 Å². The van der Waals surface area contributed by atoms with E-state index in [1.54, 1.807) is 0 Å². The molecule has 2 rings (SSSR count). The van der Waals surface area contributed by atoms with Crippen LogP contribution in [0.5, 0.6) is 0 Å². The van der Waals surface area contributed by atoms with Gasteiger partial charge in [0.15, 0.2) is 0 Å². The molecule has 0 radical (unpaired) electrons. The molecule has 1 atom stereocenters. The summed E-state index contributed by atoms with van der Waals surface area (Å²) >= 11 is 6.02. The first-order valence-corrected chi connectivity index (χ1v) is 6.79. The van der Waals surface area contributed by atoms with Crippen LogP contribution in [-0.2, 0) is 13.0 Å². The Morgan fingerprint density at radius 1 is 0.833 bits per heavy atom. The molecule has 0 bridgehead atoms. The molecule has 2 aromatic rings. The number of hydrogen-bond acceptors (Lipinski definition) is 1. The lowest BCUT2D eigenvalue weighted by atomic mass is 10.1. The Balaban J connectivity index is 1.86. The van der Waals surface area contributed by atoms with E-state index in [4.69, 9.17) is 11.6 Å². The highest BCUT2D eigenvalue weighted by Crippen LogP contribution is 2.06. The standard InChI is InChI=1S/C16H18ClN/c17-12-16(11-14-7-3-1-4-8-14)18-13-15-9-5-2-6-10-15/h1-10,16,18H,11-13H2. The Labute approximate surface area is 114 Å². The van der Waals surface area contributed by atoms with Crippen molar-refractivity contribution in [1.29, 1.82) is 0 Å². The van der Waals surface area contributed by atoms with Crippen LogP contribution in [0.2, 0.25) is 0 Å². The summed E-state index contributed by atoms with van der Waals surface area (Å²) in [5.41, 5.74) is 2.62. The van der Waals surface area contributed by atoms with E-state index in [-0.39, 0.29) is 0 Å². The van der Waals surface area contributed by atoms with Crippen LogP contribution in [0, 0.1) is 0 Å². The van der Waals surface area contributed by atoms with Crippen molar-refractivity contribution in [3.05, 3.63) is 71.8 Å². The Bertz CT molecular complexity index is 441. The number of rotatable bonds is 6. The summed E-state index contributed by atoms with van der Waals surface area (Å²) in [4.78, 5) is 0. The first-order chi connectivity index (χ1) is 8.88. The normalized spacial score (nSPS) is 12.3. The minimum Gasteiger partial charge on any atom is -0.308 e. The third-order valence-corrected chi connectivity index (χ3v) is 3.32. The van der Waals surface area contributed by atoms with Crippen LogP contribution in [0.4, 0.5) is 0 Å². The zero-order valence-corrected chi connectivity index (χ0v) is 11.1. The van der Waals surface area contributed by atoms with Gasteiger partial charge in [-0.15, -0.1) is 11.6 Å². The summed E-state index contributed by atoms with van der Waals surface area (Å²) in [6.07, 6.45) is 0.969. The maximum Gasteiger partial charge on any atom is 0.0380 e. The van der Waals surface area contributed by atoms with Gasteiger partial charge in [-0.05, 0) is 17.5 Å². The van der Waals surface area contributed by atoms with Crippen molar-refractivity contribution >= 4 is 11.6 Å². The van der Waals surface area contributed by atoms with E-state index in [0.717, 1.165) is 13.0 Å². The lowest BCUT2D eigenvalue weighted by Gasteiger charge is -2.16. The fourth-order valence-corrected chi connectivity index (χ4v) is 2.16. The smallest absolute Gasteiger partial charge is 0.0380 e. The average Bonchev–Trinajstić information content (AvgIpc) is 2.45. The molecule has 2 aromatic carbocycles. The zero-order chi connectivity index (χ0) is 12.6. The molecule has 0 aliphatic rings. The molecule has 0 aliphatic carbocycles. The molecule has 0 aromatic heterocycles.